The number of carbonyl (C=O) groups excluding carboxylic acids is 2. The quantitative estimate of drug-likeness (QED) is 0.704. The molecule has 2 fully saturated rings. The van der Waals surface area contributed by atoms with Gasteiger partial charge in [-0.15, -0.1) is 0 Å². The molecule has 0 N–H and O–H groups in total. The first kappa shape index (κ1) is 18.8. The Morgan fingerprint density at radius 2 is 1.71 bits per heavy atom. The third kappa shape index (κ3) is 3.14. The number of carbonyl (C=O) groups is 2. The lowest BCUT2D eigenvalue weighted by atomic mass is 9.95. The highest BCUT2D eigenvalue weighted by molar-refractivity contribution is 6.31. The Morgan fingerprint density at radius 3 is 2.46 bits per heavy atom. The summed E-state index contributed by atoms with van der Waals surface area (Å²) in [5.41, 5.74) is 1.46. The molecule has 0 radical (unpaired) electrons. The summed E-state index contributed by atoms with van der Waals surface area (Å²) >= 11 is 6.51. The van der Waals surface area contributed by atoms with Gasteiger partial charge in [-0.25, -0.2) is 4.79 Å². The highest BCUT2D eigenvalue weighted by Crippen LogP contribution is 2.41. The van der Waals surface area contributed by atoms with E-state index >= 15 is 0 Å². The molecule has 0 spiro atoms. The average Bonchev–Trinajstić information content (AvgIpc) is 2.88. The van der Waals surface area contributed by atoms with Gasteiger partial charge in [0.2, 0.25) is 0 Å². The highest BCUT2D eigenvalue weighted by Gasteiger charge is 2.49. The van der Waals surface area contributed by atoms with Crippen LogP contribution in [0.5, 0.6) is 5.75 Å². The second kappa shape index (κ2) is 7.84. The lowest BCUT2D eigenvalue weighted by molar-refractivity contribution is -0.129. The number of urea groups is 1. The van der Waals surface area contributed by atoms with Gasteiger partial charge in [0, 0.05) is 17.1 Å². The third-order valence-corrected chi connectivity index (χ3v) is 5.96. The summed E-state index contributed by atoms with van der Waals surface area (Å²) in [5.74, 6) is 0.470. The number of hydrogen-bond acceptors (Lipinski definition) is 3. The van der Waals surface area contributed by atoms with Crippen molar-refractivity contribution in [3.05, 3.63) is 64.7 Å². The number of rotatable bonds is 4. The number of amides is 3. The minimum Gasteiger partial charge on any atom is -0.496 e. The number of ether oxygens (including phenoxy) is 1. The van der Waals surface area contributed by atoms with E-state index in [1.807, 2.05) is 42.5 Å². The predicted octanol–water partition coefficient (Wildman–Crippen LogP) is 4.64. The molecule has 2 saturated heterocycles. The largest absolute Gasteiger partial charge is 0.496 e. The van der Waals surface area contributed by atoms with Crippen molar-refractivity contribution in [2.45, 2.75) is 37.8 Å². The molecule has 28 heavy (non-hydrogen) atoms. The van der Waals surface area contributed by atoms with Crippen molar-refractivity contribution in [1.82, 2.24) is 9.80 Å². The van der Waals surface area contributed by atoms with E-state index in [4.69, 9.17) is 16.3 Å². The van der Waals surface area contributed by atoms with Gasteiger partial charge in [0.25, 0.3) is 5.91 Å². The average molecular weight is 399 g/mol. The van der Waals surface area contributed by atoms with E-state index in [1.165, 1.54) is 4.90 Å². The lowest BCUT2D eigenvalue weighted by Gasteiger charge is -2.29. The summed E-state index contributed by atoms with van der Waals surface area (Å²) in [7, 11) is 1.59. The Kier molecular flexibility index (Phi) is 5.27. The van der Waals surface area contributed by atoms with E-state index in [0.717, 1.165) is 24.8 Å². The number of benzene rings is 2. The second-order valence-electron chi connectivity index (χ2n) is 7.22. The zero-order valence-corrected chi connectivity index (χ0v) is 16.6. The molecule has 6 heteroatoms. The maximum absolute atomic E-state index is 13.4. The van der Waals surface area contributed by atoms with Crippen LogP contribution in [0, 0.1) is 0 Å². The molecule has 2 atom stereocenters. The van der Waals surface area contributed by atoms with Crippen molar-refractivity contribution >= 4 is 23.5 Å². The molecular weight excluding hydrogens is 376 g/mol. The van der Waals surface area contributed by atoms with Crippen molar-refractivity contribution in [1.29, 1.82) is 0 Å². The maximum atomic E-state index is 13.4. The van der Waals surface area contributed by atoms with Crippen LogP contribution in [0.1, 0.15) is 42.9 Å². The Morgan fingerprint density at radius 1 is 1.00 bits per heavy atom. The van der Waals surface area contributed by atoms with Crippen molar-refractivity contribution in [3.8, 4) is 5.75 Å². The monoisotopic (exact) mass is 398 g/mol. The molecule has 0 aromatic heterocycles. The molecule has 0 aliphatic carbocycles. The lowest BCUT2D eigenvalue weighted by Crippen LogP contribution is -2.37. The smallest absolute Gasteiger partial charge is 0.328 e. The summed E-state index contributed by atoms with van der Waals surface area (Å²) in [6.07, 6.45) is 3.64. The topological polar surface area (TPSA) is 49.9 Å². The van der Waals surface area contributed by atoms with E-state index in [9.17, 15) is 9.59 Å². The molecule has 2 aliphatic heterocycles. The fourth-order valence-corrected chi connectivity index (χ4v) is 4.50. The van der Waals surface area contributed by atoms with Crippen LogP contribution < -0.4 is 4.74 Å². The molecule has 4 rings (SSSR count). The molecular formula is C22H23ClN2O3. The molecule has 2 unspecified atom stereocenters. The first-order valence-electron chi connectivity index (χ1n) is 9.64. The molecule has 146 valence electrons. The van der Waals surface area contributed by atoms with Crippen molar-refractivity contribution in [2.24, 2.45) is 0 Å². The van der Waals surface area contributed by atoms with Gasteiger partial charge in [0.05, 0.1) is 13.2 Å². The first-order chi connectivity index (χ1) is 13.6. The number of halogens is 1. The first-order valence-corrected chi connectivity index (χ1v) is 10.0. The van der Waals surface area contributed by atoms with Gasteiger partial charge < -0.3 is 9.64 Å². The Bertz CT molecular complexity index is 877. The van der Waals surface area contributed by atoms with Crippen molar-refractivity contribution in [2.75, 3.05) is 13.7 Å². The van der Waals surface area contributed by atoms with E-state index in [1.54, 1.807) is 18.1 Å². The molecule has 0 bridgehead atoms. The van der Waals surface area contributed by atoms with Crippen LogP contribution in [-0.4, -0.2) is 41.4 Å². The number of fused-ring (bicyclic) bond motifs is 1. The summed E-state index contributed by atoms with van der Waals surface area (Å²) in [6.45, 7) is 0.618. The van der Waals surface area contributed by atoms with Crippen LogP contribution in [0.4, 0.5) is 4.79 Å². The molecule has 2 aromatic rings. The van der Waals surface area contributed by atoms with E-state index in [0.29, 0.717) is 29.3 Å². The van der Waals surface area contributed by atoms with Gasteiger partial charge in [0.1, 0.15) is 11.8 Å². The minimum atomic E-state index is -0.628. The van der Waals surface area contributed by atoms with Gasteiger partial charge >= 0.3 is 6.03 Å². The molecule has 2 heterocycles. The fraction of sp³-hybridized carbons (Fsp3) is 0.364. The van der Waals surface area contributed by atoms with Gasteiger partial charge in [-0.2, -0.15) is 0 Å². The Balaban J connectivity index is 1.86. The zero-order chi connectivity index (χ0) is 19.7. The van der Waals surface area contributed by atoms with Gasteiger partial charge in [-0.05, 0) is 30.5 Å². The number of nitrogens with zero attached hydrogens (tertiary/aromatic N) is 2. The predicted molar refractivity (Wildman–Crippen MR) is 107 cm³/mol. The van der Waals surface area contributed by atoms with Crippen LogP contribution in [0.15, 0.2) is 48.5 Å². The molecule has 5 nitrogen and oxygen atoms in total. The van der Waals surface area contributed by atoms with Crippen LogP contribution in [-0.2, 0) is 4.79 Å². The van der Waals surface area contributed by atoms with Gasteiger partial charge in [0.15, 0.2) is 0 Å². The van der Waals surface area contributed by atoms with Crippen LogP contribution in [0.3, 0.4) is 0 Å². The molecule has 0 saturated carbocycles. The van der Waals surface area contributed by atoms with Crippen LogP contribution in [0.2, 0.25) is 5.02 Å². The number of imide groups is 1. The second-order valence-corrected chi connectivity index (χ2v) is 7.62. The molecule has 2 aromatic carbocycles. The number of methoxy groups -OCH3 is 1. The zero-order valence-electron chi connectivity index (χ0n) is 15.8. The summed E-state index contributed by atoms with van der Waals surface area (Å²) in [6, 6.07) is 13.6. The number of para-hydroxylation sites is 1. The molecule has 2 aliphatic rings. The SMILES string of the molecule is COc1ccccc1C(c1ccccc1Cl)N1C(=O)C2CCCCCN2C1=O. The van der Waals surface area contributed by atoms with Crippen LogP contribution >= 0.6 is 11.6 Å². The normalized spacial score (nSPS) is 20.7. The van der Waals surface area contributed by atoms with E-state index in [-0.39, 0.29) is 18.0 Å². The molecule has 3 amide bonds. The van der Waals surface area contributed by atoms with Crippen molar-refractivity contribution in [3.63, 3.8) is 0 Å². The third-order valence-electron chi connectivity index (χ3n) is 5.62. The fourth-order valence-electron chi connectivity index (χ4n) is 4.26. The Labute approximate surface area is 169 Å². The standard InChI is InChI=1S/C22H23ClN2O3/c1-28-19-13-7-5-10-16(19)20(15-9-4-6-11-17(15)23)25-21(26)18-12-3-2-8-14-24(18)22(25)27/h4-7,9-11,13,18,20H,2-3,8,12,14H2,1H3. The van der Waals surface area contributed by atoms with Crippen LogP contribution in [0.25, 0.3) is 0 Å². The summed E-state index contributed by atoms with van der Waals surface area (Å²) < 4.78 is 5.55. The summed E-state index contributed by atoms with van der Waals surface area (Å²) in [4.78, 5) is 29.8. The van der Waals surface area contributed by atoms with Gasteiger partial charge in [-0.1, -0.05) is 60.8 Å². The Hall–Kier alpha value is -2.53. The number of hydrogen-bond donors (Lipinski definition) is 0. The van der Waals surface area contributed by atoms with E-state index < -0.39 is 6.04 Å². The van der Waals surface area contributed by atoms with Gasteiger partial charge in [-0.3, -0.25) is 9.69 Å². The summed E-state index contributed by atoms with van der Waals surface area (Å²) in [5, 5.41) is 0.515. The maximum Gasteiger partial charge on any atom is 0.328 e. The van der Waals surface area contributed by atoms with E-state index in [2.05, 4.69) is 0 Å². The van der Waals surface area contributed by atoms with Crippen molar-refractivity contribution < 1.29 is 14.3 Å². The minimum absolute atomic E-state index is 0.150. The highest BCUT2D eigenvalue weighted by atomic mass is 35.5.